The number of aromatic nitrogens is 1. The van der Waals surface area contributed by atoms with Crippen molar-refractivity contribution >= 4 is 21.8 Å². The van der Waals surface area contributed by atoms with Gasteiger partial charge in [0.15, 0.2) is 0 Å². The van der Waals surface area contributed by atoms with Gasteiger partial charge in [-0.2, -0.15) is 0 Å². The van der Waals surface area contributed by atoms with Crippen molar-refractivity contribution in [1.82, 2.24) is 10.3 Å². The van der Waals surface area contributed by atoms with E-state index in [2.05, 4.69) is 33.2 Å². The van der Waals surface area contributed by atoms with Crippen LogP contribution >= 0.6 is 15.9 Å². The number of nitrogens with one attached hydrogen (secondary N) is 1. The van der Waals surface area contributed by atoms with Gasteiger partial charge in [-0.1, -0.05) is 26.2 Å². The molecule has 2 rings (SSSR count). The second kappa shape index (κ2) is 6.32. The van der Waals surface area contributed by atoms with Gasteiger partial charge in [0.1, 0.15) is 4.60 Å². The largest absolute Gasteiger partial charge is 0.349 e. The van der Waals surface area contributed by atoms with E-state index in [4.69, 9.17) is 0 Å². The van der Waals surface area contributed by atoms with Crippen LogP contribution in [0.1, 0.15) is 49.4 Å². The minimum Gasteiger partial charge on any atom is -0.349 e. The highest BCUT2D eigenvalue weighted by molar-refractivity contribution is 9.10. The maximum Gasteiger partial charge on any atom is 0.254 e. The summed E-state index contributed by atoms with van der Waals surface area (Å²) in [5.74, 6) is 0.542. The number of carbonyl (C=O) groups excluding carboxylic acids is 1. The Morgan fingerprint density at radius 3 is 2.94 bits per heavy atom. The van der Waals surface area contributed by atoms with Crippen LogP contribution in [-0.2, 0) is 0 Å². The summed E-state index contributed by atoms with van der Waals surface area (Å²) in [5, 5.41) is 3.16. The third-order valence-electron chi connectivity index (χ3n) is 3.68. The van der Waals surface area contributed by atoms with Gasteiger partial charge in [0.05, 0.1) is 5.56 Å². The number of rotatable bonds is 2. The molecule has 1 saturated carbocycles. The van der Waals surface area contributed by atoms with Gasteiger partial charge in [0.2, 0.25) is 0 Å². The molecule has 0 saturated heterocycles. The first-order valence-corrected chi connectivity index (χ1v) is 7.39. The quantitative estimate of drug-likeness (QED) is 0.670. The molecule has 18 heavy (non-hydrogen) atoms. The predicted molar refractivity (Wildman–Crippen MR) is 75.4 cm³/mol. The van der Waals surface area contributed by atoms with Crippen LogP contribution in [0.25, 0.3) is 0 Å². The smallest absolute Gasteiger partial charge is 0.254 e. The van der Waals surface area contributed by atoms with Gasteiger partial charge in [0.25, 0.3) is 5.91 Å². The Hall–Kier alpha value is -0.900. The zero-order valence-electron chi connectivity index (χ0n) is 10.7. The minimum atomic E-state index is -0.0197. The lowest BCUT2D eigenvalue weighted by molar-refractivity contribution is 0.0920. The van der Waals surface area contributed by atoms with Crippen molar-refractivity contribution in [3.63, 3.8) is 0 Å². The van der Waals surface area contributed by atoms with Gasteiger partial charge in [-0.15, -0.1) is 0 Å². The fourth-order valence-corrected chi connectivity index (χ4v) is 2.94. The van der Waals surface area contributed by atoms with Gasteiger partial charge in [-0.25, -0.2) is 4.98 Å². The topological polar surface area (TPSA) is 42.0 Å². The summed E-state index contributed by atoms with van der Waals surface area (Å²) >= 11 is 3.32. The Labute approximate surface area is 117 Å². The first-order chi connectivity index (χ1) is 8.68. The SMILES string of the molecule is CC1CCCCCC1NC(=O)c1cccnc1Br. The number of hydrogen-bond donors (Lipinski definition) is 1. The Balaban J connectivity index is 2.04. The molecule has 1 amide bonds. The molecule has 1 fully saturated rings. The molecule has 0 aromatic carbocycles. The molecule has 1 aromatic heterocycles. The van der Waals surface area contributed by atoms with E-state index in [0.717, 1.165) is 6.42 Å². The molecule has 2 unspecified atom stereocenters. The molecular weight excluding hydrogens is 292 g/mol. The Morgan fingerprint density at radius 1 is 1.39 bits per heavy atom. The lowest BCUT2D eigenvalue weighted by Crippen LogP contribution is -2.39. The zero-order chi connectivity index (χ0) is 13.0. The molecule has 1 aliphatic carbocycles. The number of halogens is 1. The number of hydrogen-bond acceptors (Lipinski definition) is 2. The standard InChI is InChI=1S/C14H19BrN2O/c1-10-6-3-2-4-8-12(10)17-14(18)11-7-5-9-16-13(11)15/h5,7,9-10,12H,2-4,6,8H2,1H3,(H,17,18). The van der Waals surface area contributed by atoms with Gasteiger partial charge in [-0.3, -0.25) is 4.79 Å². The summed E-state index contributed by atoms with van der Waals surface area (Å²) in [4.78, 5) is 16.3. The highest BCUT2D eigenvalue weighted by atomic mass is 79.9. The molecule has 1 heterocycles. The van der Waals surface area contributed by atoms with E-state index in [1.165, 1.54) is 25.7 Å². The maximum atomic E-state index is 12.2. The van der Waals surface area contributed by atoms with Crippen molar-refractivity contribution in [3.8, 4) is 0 Å². The predicted octanol–water partition coefficient (Wildman–Crippen LogP) is 3.54. The number of nitrogens with zero attached hydrogens (tertiary/aromatic N) is 1. The molecule has 1 N–H and O–H groups in total. The summed E-state index contributed by atoms with van der Waals surface area (Å²) in [5.41, 5.74) is 0.619. The molecule has 3 nitrogen and oxygen atoms in total. The number of amides is 1. The van der Waals surface area contributed by atoms with Crippen molar-refractivity contribution in [2.45, 2.75) is 45.1 Å². The summed E-state index contributed by atoms with van der Waals surface area (Å²) < 4.78 is 0.615. The van der Waals surface area contributed by atoms with Crippen LogP contribution in [0.5, 0.6) is 0 Å². The second-order valence-electron chi connectivity index (χ2n) is 5.04. The summed E-state index contributed by atoms with van der Waals surface area (Å²) in [6.45, 7) is 2.23. The Morgan fingerprint density at radius 2 is 2.17 bits per heavy atom. The summed E-state index contributed by atoms with van der Waals surface area (Å²) in [6.07, 6.45) is 7.75. The Bertz CT molecular complexity index is 422. The van der Waals surface area contributed by atoms with E-state index < -0.39 is 0 Å². The van der Waals surface area contributed by atoms with E-state index in [0.29, 0.717) is 22.1 Å². The van der Waals surface area contributed by atoms with Crippen LogP contribution in [0.4, 0.5) is 0 Å². The second-order valence-corrected chi connectivity index (χ2v) is 5.79. The normalized spacial score (nSPS) is 24.3. The van der Waals surface area contributed by atoms with Gasteiger partial charge >= 0.3 is 0 Å². The average molecular weight is 311 g/mol. The van der Waals surface area contributed by atoms with Crippen LogP contribution in [0, 0.1) is 5.92 Å². The van der Waals surface area contributed by atoms with Crippen molar-refractivity contribution in [1.29, 1.82) is 0 Å². The molecule has 0 spiro atoms. The van der Waals surface area contributed by atoms with Gasteiger partial charge in [-0.05, 0) is 46.8 Å². The molecule has 1 aliphatic rings. The van der Waals surface area contributed by atoms with Crippen LogP contribution < -0.4 is 5.32 Å². The molecular formula is C14H19BrN2O. The first kappa shape index (κ1) is 13.5. The lowest BCUT2D eigenvalue weighted by Gasteiger charge is -2.22. The van der Waals surface area contributed by atoms with E-state index in [1.807, 2.05) is 0 Å². The summed E-state index contributed by atoms with van der Waals surface area (Å²) in [6, 6.07) is 3.89. The third kappa shape index (κ3) is 3.31. The van der Waals surface area contributed by atoms with E-state index in [-0.39, 0.29) is 5.91 Å². The molecule has 2 atom stereocenters. The van der Waals surface area contributed by atoms with Crippen LogP contribution in [0.3, 0.4) is 0 Å². The van der Waals surface area contributed by atoms with Crippen LogP contribution in [-0.4, -0.2) is 16.9 Å². The van der Waals surface area contributed by atoms with Crippen molar-refractivity contribution in [3.05, 3.63) is 28.5 Å². The van der Waals surface area contributed by atoms with E-state index >= 15 is 0 Å². The molecule has 0 aliphatic heterocycles. The van der Waals surface area contributed by atoms with Gasteiger partial charge < -0.3 is 5.32 Å². The molecule has 0 radical (unpaired) electrons. The lowest BCUT2D eigenvalue weighted by atomic mass is 9.97. The fourth-order valence-electron chi connectivity index (χ4n) is 2.51. The van der Waals surface area contributed by atoms with Crippen molar-refractivity contribution in [2.24, 2.45) is 5.92 Å². The van der Waals surface area contributed by atoms with Crippen molar-refractivity contribution in [2.75, 3.05) is 0 Å². The molecule has 4 heteroatoms. The highest BCUT2D eigenvalue weighted by Gasteiger charge is 2.22. The van der Waals surface area contributed by atoms with Crippen LogP contribution in [0.15, 0.2) is 22.9 Å². The third-order valence-corrected chi connectivity index (χ3v) is 4.31. The van der Waals surface area contributed by atoms with Crippen molar-refractivity contribution < 1.29 is 4.79 Å². The van der Waals surface area contributed by atoms with E-state index in [9.17, 15) is 4.79 Å². The maximum absolute atomic E-state index is 12.2. The van der Waals surface area contributed by atoms with E-state index in [1.54, 1.807) is 18.3 Å². The number of carbonyl (C=O) groups is 1. The molecule has 1 aromatic rings. The first-order valence-electron chi connectivity index (χ1n) is 6.60. The fraction of sp³-hybridized carbons (Fsp3) is 0.571. The number of pyridine rings is 1. The molecule has 98 valence electrons. The summed E-state index contributed by atoms with van der Waals surface area (Å²) in [7, 11) is 0. The zero-order valence-corrected chi connectivity index (χ0v) is 12.2. The average Bonchev–Trinajstić information content (AvgIpc) is 2.55. The minimum absolute atomic E-state index is 0.0197. The van der Waals surface area contributed by atoms with Crippen LogP contribution in [0.2, 0.25) is 0 Å². The molecule has 0 bridgehead atoms. The monoisotopic (exact) mass is 310 g/mol. The Kier molecular flexibility index (Phi) is 4.75. The van der Waals surface area contributed by atoms with Gasteiger partial charge in [0, 0.05) is 12.2 Å². The highest BCUT2D eigenvalue weighted by Crippen LogP contribution is 2.23.